The number of hydrogen-bond acceptors (Lipinski definition) is 5. The van der Waals surface area contributed by atoms with E-state index in [-0.39, 0.29) is 0 Å². The summed E-state index contributed by atoms with van der Waals surface area (Å²) in [5.41, 5.74) is 2.16. The van der Waals surface area contributed by atoms with Crippen LogP contribution in [0.25, 0.3) is 0 Å². The monoisotopic (exact) mass is 363 g/mol. The summed E-state index contributed by atoms with van der Waals surface area (Å²) >= 11 is 1.50. The molecule has 2 N–H and O–H groups in total. The molecule has 2 aromatic heterocycles. The molecule has 2 heterocycles. The zero-order valence-corrected chi connectivity index (χ0v) is 15.2. The molecular weight excluding hydrogens is 342 g/mol. The Hall–Kier alpha value is -2.61. The number of esters is 1. The van der Waals surface area contributed by atoms with Crippen LogP contribution in [0.1, 0.15) is 33.5 Å². The number of nitrogens with zero attached hydrogens (tertiary/aromatic N) is 1. The molecule has 8 heteroatoms. The molecule has 0 saturated carbocycles. The summed E-state index contributed by atoms with van der Waals surface area (Å²) < 4.78 is 6.97. The van der Waals surface area contributed by atoms with Gasteiger partial charge in [-0.3, -0.25) is 10.1 Å². The summed E-state index contributed by atoms with van der Waals surface area (Å²) in [6.45, 7) is 6.27. The molecule has 0 unspecified atom stereocenters. The van der Waals surface area contributed by atoms with E-state index in [4.69, 9.17) is 4.74 Å². The number of carbonyl (C=O) groups excluding carboxylic acids is 3. The van der Waals surface area contributed by atoms with Gasteiger partial charge in [-0.05, 0) is 38.3 Å². The molecule has 134 valence electrons. The highest BCUT2D eigenvalue weighted by Gasteiger charge is 2.18. The van der Waals surface area contributed by atoms with Crippen molar-refractivity contribution in [1.82, 2.24) is 15.2 Å². The first-order chi connectivity index (χ1) is 11.9. The fourth-order valence-electron chi connectivity index (χ4n) is 2.49. The molecule has 0 aliphatic rings. The van der Waals surface area contributed by atoms with Crippen LogP contribution in [-0.2, 0) is 22.6 Å². The fraction of sp³-hybridized carbons (Fsp3) is 0.353. The molecule has 0 fully saturated rings. The number of amides is 3. The van der Waals surface area contributed by atoms with Crippen molar-refractivity contribution < 1.29 is 19.1 Å². The Bertz CT molecular complexity index is 765. The molecular formula is C17H21N3O4S. The summed E-state index contributed by atoms with van der Waals surface area (Å²) in [6, 6.07) is 4.85. The van der Waals surface area contributed by atoms with Gasteiger partial charge in [0, 0.05) is 22.8 Å². The van der Waals surface area contributed by atoms with E-state index >= 15 is 0 Å². The number of aryl methyl sites for hydroxylation is 1. The summed E-state index contributed by atoms with van der Waals surface area (Å²) in [4.78, 5) is 36.4. The van der Waals surface area contributed by atoms with Gasteiger partial charge >= 0.3 is 12.0 Å². The van der Waals surface area contributed by atoms with Crippen molar-refractivity contribution in [2.45, 2.75) is 33.9 Å². The van der Waals surface area contributed by atoms with Gasteiger partial charge in [0.2, 0.25) is 0 Å². The largest absolute Gasteiger partial charge is 0.452 e. The summed E-state index contributed by atoms with van der Waals surface area (Å²) in [5.74, 6) is -1.26. The number of carbonyl (C=O) groups is 3. The van der Waals surface area contributed by atoms with E-state index in [2.05, 4.69) is 10.6 Å². The lowest BCUT2D eigenvalue weighted by Gasteiger charge is -2.08. The topological polar surface area (TPSA) is 89.4 Å². The van der Waals surface area contributed by atoms with Gasteiger partial charge in [-0.1, -0.05) is 6.07 Å². The fourth-order valence-corrected chi connectivity index (χ4v) is 3.14. The van der Waals surface area contributed by atoms with Gasteiger partial charge in [0.1, 0.15) is 0 Å². The van der Waals surface area contributed by atoms with Crippen molar-refractivity contribution in [2.75, 3.05) is 6.61 Å². The Balaban J connectivity index is 1.79. The molecule has 2 aromatic rings. The van der Waals surface area contributed by atoms with E-state index in [9.17, 15) is 14.4 Å². The zero-order valence-electron chi connectivity index (χ0n) is 14.4. The molecule has 0 saturated heterocycles. The maximum Gasteiger partial charge on any atom is 0.340 e. The van der Waals surface area contributed by atoms with Crippen LogP contribution >= 0.6 is 11.3 Å². The molecule has 0 spiro atoms. The second-order valence-corrected chi connectivity index (χ2v) is 6.45. The molecule has 3 amide bonds. The van der Waals surface area contributed by atoms with E-state index in [0.29, 0.717) is 12.1 Å². The number of thiophene rings is 1. The standard InChI is InChI=1S/C17H21N3O4S/c1-4-20-11(2)8-14(12(20)3)16(22)24-10-15(21)19-17(23)18-9-13-6-5-7-25-13/h5-8H,4,9-10H2,1-3H3,(H2,18,19,21,23). The smallest absolute Gasteiger partial charge is 0.340 e. The lowest BCUT2D eigenvalue weighted by molar-refractivity contribution is -0.123. The third-order valence-electron chi connectivity index (χ3n) is 3.70. The van der Waals surface area contributed by atoms with Gasteiger partial charge in [-0.15, -0.1) is 11.3 Å². The Morgan fingerprint density at radius 3 is 2.64 bits per heavy atom. The first-order valence-corrected chi connectivity index (χ1v) is 8.74. The number of urea groups is 1. The van der Waals surface area contributed by atoms with Crippen molar-refractivity contribution in [3.8, 4) is 0 Å². The molecule has 0 aromatic carbocycles. The van der Waals surface area contributed by atoms with E-state index < -0.39 is 24.5 Å². The van der Waals surface area contributed by atoms with Crippen LogP contribution in [0.3, 0.4) is 0 Å². The van der Waals surface area contributed by atoms with Crippen molar-refractivity contribution >= 4 is 29.2 Å². The lowest BCUT2D eigenvalue weighted by Crippen LogP contribution is -2.41. The van der Waals surface area contributed by atoms with Crippen LogP contribution in [0.15, 0.2) is 23.6 Å². The second kappa shape index (κ2) is 8.48. The van der Waals surface area contributed by atoms with Crippen LogP contribution < -0.4 is 10.6 Å². The van der Waals surface area contributed by atoms with Crippen LogP contribution in [0.5, 0.6) is 0 Å². The van der Waals surface area contributed by atoms with Gasteiger partial charge in [0.05, 0.1) is 12.1 Å². The molecule has 0 radical (unpaired) electrons. The maximum absolute atomic E-state index is 12.1. The summed E-state index contributed by atoms with van der Waals surface area (Å²) in [5, 5.41) is 6.58. The van der Waals surface area contributed by atoms with Gasteiger partial charge in [0.15, 0.2) is 6.61 Å². The predicted octanol–water partition coefficient (Wildman–Crippen LogP) is 2.37. The Morgan fingerprint density at radius 1 is 1.28 bits per heavy atom. The van der Waals surface area contributed by atoms with E-state index in [1.165, 1.54) is 11.3 Å². The van der Waals surface area contributed by atoms with E-state index in [1.54, 1.807) is 6.07 Å². The van der Waals surface area contributed by atoms with Crippen molar-refractivity contribution in [2.24, 2.45) is 0 Å². The number of imide groups is 1. The average Bonchev–Trinajstić information content (AvgIpc) is 3.18. The van der Waals surface area contributed by atoms with Crippen molar-refractivity contribution in [3.05, 3.63) is 45.4 Å². The molecule has 0 atom stereocenters. The zero-order chi connectivity index (χ0) is 18.4. The highest BCUT2D eigenvalue weighted by molar-refractivity contribution is 7.09. The highest BCUT2D eigenvalue weighted by atomic mass is 32.1. The van der Waals surface area contributed by atoms with Crippen LogP contribution in [0.2, 0.25) is 0 Å². The molecule has 0 aliphatic carbocycles. The quantitative estimate of drug-likeness (QED) is 0.771. The van der Waals surface area contributed by atoms with Crippen LogP contribution in [-0.4, -0.2) is 29.1 Å². The molecule has 0 aliphatic heterocycles. The first-order valence-electron chi connectivity index (χ1n) is 7.86. The van der Waals surface area contributed by atoms with Gasteiger partial charge < -0.3 is 14.6 Å². The van der Waals surface area contributed by atoms with E-state index in [1.807, 2.05) is 42.9 Å². The minimum absolute atomic E-state index is 0.333. The third-order valence-corrected chi connectivity index (χ3v) is 4.58. The number of ether oxygens (including phenoxy) is 1. The minimum atomic E-state index is -0.679. The number of rotatable bonds is 6. The van der Waals surface area contributed by atoms with Gasteiger partial charge in [-0.2, -0.15) is 0 Å². The Labute approximate surface area is 150 Å². The number of nitrogens with one attached hydrogen (secondary N) is 2. The number of aromatic nitrogens is 1. The van der Waals surface area contributed by atoms with E-state index in [0.717, 1.165) is 22.8 Å². The minimum Gasteiger partial charge on any atom is -0.452 e. The van der Waals surface area contributed by atoms with Crippen molar-refractivity contribution in [1.29, 1.82) is 0 Å². The molecule has 0 bridgehead atoms. The van der Waals surface area contributed by atoms with Crippen LogP contribution in [0.4, 0.5) is 4.79 Å². The highest BCUT2D eigenvalue weighted by Crippen LogP contribution is 2.15. The normalized spacial score (nSPS) is 10.4. The maximum atomic E-state index is 12.1. The first kappa shape index (κ1) is 18.7. The van der Waals surface area contributed by atoms with Gasteiger partial charge in [-0.25, -0.2) is 9.59 Å². The number of hydrogen-bond donors (Lipinski definition) is 2. The molecule has 25 heavy (non-hydrogen) atoms. The lowest BCUT2D eigenvalue weighted by atomic mass is 10.2. The summed E-state index contributed by atoms with van der Waals surface area (Å²) in [7, 11) is 0. The summed E-state index contributed by atoms with van der Waals surface area (Å²) in [6.07, 6.45) is 0. The SMILES string of the molecule is CCn1c(C)cc(C(=O)OCC(=O)NC(=O)NCc2cccs2)c1C. The third kappa shape index (κ3) is 4.93. The molecule has 7 nitrogen and oxygen atoms in total. The predicted molar refractivity (Wildman–Crippen MR) is 94.6 cm³/mol. The average molecular weight is 363 g/mol. The Morgan fingerprint density at radius 2 is 2.04 bits per heavy atom. The van der Waals surface area contributed by atoms with Crippen LogP contribution in [0, 0.1) is 13.8 Å². The molecule has 2 rings (SSSR count). The second-order valence-electron chi connectivity index (χ2n) is 5.42. The van der Waals surface area contributed by atoms with Gasteiger partial charge in [0.25, 0.3) is 5.91 Å². The van der Waals surface area contributed by atoms with Crippen molar-refractivity contribution in [3.63, 3.8) is 0 Å². The Kier molecular flexibility index (Phi) is 6.35.